The first-order valence-corrected chi connectivity index (χ1v) is 10.3. The number of aryl methyl sites for hydroxylation is 1. The van der Waals surface area contributed by atoms with E-state index in [2.05, 4.69) is 47.2 Å². The van der Waals surface area contributed by atoms with E-state index >= 15 is 0 Å². The molecule has 1 saturated carbocycles. The van der Waals surface area contributed by atoms with Crippen LogP contribution in [0.5, 0.6) is 0 Å². The minimum Gasteiger partial charge on any atom is -0.368 e. The predicted octanol–water partition coefficient (Wildman–Crippen LogP) is 2.44. The van der Waals surface area contributed by atoms with Gasteiger partial charge in [0.1, 0.15) is 5.41 Å². The summed E-state index contributed by atoms with van der Waals surface area (Å²) in [7, 11) is 0. The lowest BCUT2D eigenvalue weighted by molar-refractivity contribution is -0.144. The number of nitrogens with one attached hydrogen (secondary N) is 1. The van der Waals surface area contributed by atoms with E-state index in [1.54, 1.807) is 12.4 Å². The van der Waals surface area contributed by atoms with E-state index < -0.39 is 5.41 Å². The molecule has 6 heteroatoms. The number of benzene rings is 1. The van der Waals surface area contributed by atoms with Gasteiger partial charge < -0.3 is 15.1 Å². The molecular formula is C23H28N4O2. The molecule has 1 aromatic carbocycles. The zero-order valence-corrected chi connectivity index (χ0v) is 17.1. The molecule has 4 rings (SSSR count). The molecule has 1 aliphatic heterocycles. The Bertz CT molecular complexity index is 900. The minimum absolute atomic E-state index is 0.0122. The maximum atomic E-state index is 13.1. The van der Waals surface area contributed by atoms with Gasteiger partial charge in [0, 0.05) is 50.8 Å². The number of amides is 2. The van der Waals surface area contributed by atoms with Crippen LogP contribution in [0.1, 0.15) is 29.5 Å². The fourth-order valence-corrected chi connectivity index (χ4v) is 4.05. The van der Waals surface area contributed by atoms with Crippen LogP contribution in [-0.2, 0) is 16.1 Å². The second-order valence-electron chi connectivity index (χ2n) is 8.12. The number of carbonyl (C=O) groups excluding carboxylic acids is 2. The van der Waals surface area contributed by atoms with Crippen molar-refractivity contribution >= 4 is 17.5 Å². The molecule has 29 heavy (non-hydrogen) atoms. The lowest BCUT2D eigenvalue weighted by Gasteiger charge is -2.38. The highest BCUT2D eigenvalue weighted by Crippen LogP contribution is 2.47. The van der Waals surface area contributed by atoms with Crippen LogP contribution in [0, 0.1) is 19.3 Å². The van der Waals surface area contributed by atoms with Crippen LogP contribution in [0.3, 0.4) is 0 Å². The molecule has 0 spiro atoms. The minimum atomic E-state index is -0.858. The molecule has 2 aliphatic rings. The third-order valence-corrected chi connectivity index (χ3v) is 6.25. The molecule has 2 amide bonds. The van der Waals surface area contributed by atoms with Gasteiger partial charge in [-0.2, -0.15) is 0 Å². The molecule has 2 fully saturated rings. The van der Waals surface area contributed by atoms with Gasteiger partial charge in [0.15, 0.2) is 0 Å². The summed E-state index contributed by atoms with van der Waals surface area (Å²) >= 11 is 0. The van der Waals surface area contributed by atoms with E-state index in [0.717, 1.165) is 18.7 Å². The van der Waals surface area contributed by atoms with E-state index in [1.807, 2.05) is 17.0 Å². The normalized spacial score (nSPS) is 17.7. The highest BCUT2D eigenvalue weighted by molar-refractivity contribution is 6.07. The zero-order chi connectivity index (χ0) is 20.4. The van der Waals surface area contributed by atoms with Crippen molar-refractivity contribution in [1.82, 2.24) is 15.2 Å². The number of hydrogen-bond acceptors (Lipinski definition) is 4. The second kappa shape index (κ2) is 7.85. The summed E-state index contributed by atoms with van der Waals surface area (Å²) in [5.74, 6) is -0.162. The topological polar surface area (TPSA) is 65.5 Å². The Morgan fingerprint density at radius 1 is 1.07 bits per heavy atom. The predicted molar refractivity (Wildman–Crippen MR) is 112 cm³/mol. The number of anilines is 1. The van der Waals surface area contributed by atoms with E-state index in [4.69, 9.17) is 0 Å². The zero-order valence-electron chi connectivity index (χ0n) is 17.1. The molecular weight excluding hydrogens is 364 g/mol. The number of hydrogen-bond donors (Lipinski definition) is 1. The number of nitrogens with zero attached hydrogens (tertiary/aromatic N) is 3. The number of rotatable bonds is 5. The molecule has 2 aromatic rings. The fourth-order valence-electron chi connectivity index (χ4n) is 4.05. The first-order valence-electron chi connectivity index (χ1n) is 10.3. The van der Waals surface area contributed by atoms with E-state index in [-0.39, 0.29) is 11.8 Å². The van der Waals surface area contributed by atoms with E-state index in [9.17, 15) is 9.59 Å². The Balaban J connectivity index is 1.35. The summed E-state index contributed by atoms with van der Waals surface area (Å²) in [4.78, 5) is 34.2. The highest BCUT2D eigenvalue weighted by atomic mass is 16.2. The summed E-state index contributed by atoms with van der Waals surface area (Å²) in [6.45, 7) is 7.58. The molecule has 1 saturated heterocycles. The molecule has 0 radical (unpaired) electrons. The molecule has 1 aliphatic carbocycles. The van der Waals surface area contributed by atoms with Gasteiger partial charge in [0.05, 0.1) is 0 Å². The molecule has 0 atom stereocenters. The van der Waals surface area contributed by atoms with Crippen molar-refractivity contribution in [2.75, 3.05) is 31.1 Å². The van der Waals surface area contributed by atoms with Gasteiger partial charge in [0.2, 0.25) is 11.8 Å². The summed E-state index contributed by atoms with van der Waals surface area (Å²) in [5, 5.41) is 2.93. The van der Waals surface area contributed by atoms with E-state index in [1.165, 1.54) is 16.8 Å². The van der Waals surface area contributed by atoms with Crippen molar-refractivity contribution in [2.45, 2.75) is 33.2 Å². The molecule has 0 bridgehead atoms. The van der Waals surface area contributed by atoms with Crippen LogP contribution >= 0.6 is 0 Å². The van der Waals surface area contributed by atoms with Gasteiger partial charge in [-0.15, -0.1) is 0 Å². The van der Waals surface area contributed by atoms with Gasteiger partial charge in [-0.05, 0) is 55.5 Å². The molecule has 152 valence electrons. The summed E-state index contributed by atoms with van der Waals surface area (Å²) < 4.78 is 0. The second-order valence-corrected chi connectivity index (χ2v) is 8.12. The Labute approximate surface area is 171 Å². The van der Waals surface area contributed by atoms with Crippen molar-refractivity contribution in [2.24, 2.45) is 5.41 Å². The average Bonchev–Trinajstić information content (AvgIpc) is 3.56. The molecule has 1 aromatic heterocycles. The van der Waals surface area contributed by atoms with Crippen LogP contribution in [0.2, 0.25) is 0 Å². The quantitative estimate of drug-likeness (QED) is 0.794. The highest BCUT2D eigenvalue weighted by Gasteiger charge is 2.58. The van der Waals surface area contributed by atoms with Gasteiger partial charge in [0.25, 0.3) is 0 Å². The Morgan fingerprint density at radius 2 is 1.83 bits per heavy atom. The lowest BCUT2D eigenvalue weighted by Crippen LogP contribution is -2.53. The maximum Gasteiger partial charge on any atom is 0.238 e. The lowest BCUT2D eigenvalue weighted by atomic mass is 10.0. The number of aromatic nitrogens is 1. The number of piperazine rings is 1. The third kappa shape index (κ3) is 3.84. The van der Waals surface area contributed by atoms with Crippen LogP contribution in [-0.4, -0.2) is 47.9 Å². The van der Waals surface area contributed by atoms with E-state index in [0.29, 0.717) is 32.5 Å². The summed E-state index contributed by atoms with van der Waals surface area (Å²) in [6.07, 6.45) is 4.72. The van der Waals surface area contributed by atoms with Crippen molar-refractivity contribution in [3.63, 3.8) is 0 Å². The van der Waals surface area contributed by atoms with Gasteiger partial charge in [-0.25, -0.2) is 0 Å². The van der Waals surface area contributed by atoms with Gasteiger partial charge in [-0.1, -0.05) is 18.2 Å². The monoisotopic (exact) mass is 392 g/mol. The Morgan fingerprint density at radius 3 is 2.48 bits per heavy atom. The van der Waals surface area contributed by atoms with Crippen molar-refractivity contribution in [3.05, 3.63) is 59.4 Å². The molecule has 1 N–H and O–H groups in total. The maximum absolute atomic E-state index is 13.1. The van der Waals surface area contributed by atoms with Crippen molar-refractivity contribution in [3.8, 4) is 0 Å². The van der Waals surface area contributed by atoms with Crippen LogP contribution in [0.25, 0.3) is 0 Å². The smallest absolute Gasteiger partial charge is 0.238 e. The Hall–Kier alpha value is -2.89. The average molecular weight is 393 g/mol. The Kier molecular flexibility index (Phi) is 5.26. The first kappa shape index (κ1) is 19.4. The van der Waals surface area contributed by atoms with Crippen molar-refractivity contribution < 1.29 is 9.59 Å². The molecule has 0 unspecified atom stereocenters. The van der Waals surface area contributed by atoms with Crippen LogP contribution < -0.4 is 10.2 Å². The largest absolute Gasteiger partial charge is 0.368 e. The van der Waals surface area contributed by atoms with Gasteiger partial charge >= 0.3 is 0 Å². The standard InChI is InChI=1S/C23H28N4O2/c1-17-5-3-7-20(18(17)2)26-11-13-27(14-12-26)22(29)23(8-9-23)21(28)25-16-19-6-4-10-24-15-19/h3-7,10,15H,8-9,11-14,16H2,1-2H3,(H,25,28). The van der Waals surface area contributed by atoms with Crippen LogP contribution in [0.4, 0.5) is 5.69 Å². The van der Waals surface area contributed by atoms with Crippen LogP contribution in [0.15, 0.2) is 42.7 Å². The fraction of sp³-hybridized carbons (Fsp3) is 0.435. The molecule has 2 heterocycles. The number of carbonyl (C=O) groups is 2. The summed E-state index contributed by atoms with van der Waals surface area (Å²) in [5.41, 5.74) is 3.89. The van der Waals surface area contributed by atoms with Gasteiger partial charge in [-0.3, -0.25) is 14.6 Å². The summed E-state index contributed by atoms with van der Waals surface area (Å²) in [6, 6.07) is 10.1. The first-order chi connectivity index (χ1) is 14.0. The number of pyridine rings is 1. The SMILES string of the molecule is Cc1cccc(N2CCN(C(=O)C3(C(=O)NCc4cccnc4)CC3)CC2)c1C. The molecule has 6 nitrogen and oxygen atoms in total. The van der Waals surface area contributed by atoms with Crippen molar-refractivity contribution in [1.29, 1.82) is 0 Å². The third-order valence-electron chi connectivity index (χ3n) is 6.25.